The monoisotopic (exact) mass is 282 g/mol. The third-order valence-electron chi connectivity index (χ3n) is 3.62. The third-order valence-corrected chi connectivity index (χ3v) is 3.62. The lowest BCUT2D eigenvalue weighted by molar-refractivity contribution is 0.0521. The molecule has 1 aliphatic rings. The summed E-state index contributed by atoms with van der Waals surface area (Å²) >= 11 is 0. The number of ether oxygens (including phenoxy) is 1. The summed E-state index contributed by atoms with van der Waals surface area (Å²) in [5.74, 6) is -0.520. The van der Waals surface area contributed by atoms with Crippen LogP contribution in [0.15, 0.2) is 11.0 Å². The van der Waals surface area contributed by atoms with E-state index in [1.54, 1.807) is 13.8 Å². The Kier molecular flexibility index (Phi) is 4.52. The van der Waals surface area contributed by atoms with E-state index in [2.05, 4.69) is 5.10 Å². The first kappa shape index (κ1) is 14.7. The van der Waals surface area contributed by atoms with Gasteiger partial charge < -0.3 is 4.74 Å². The molecule has 0 aromatic carbocycles. The summed E-state index contributed by atoms with van der Waals surface area (Å²) in [5, 5.41) is 4.04. The van der Waals surface area contributed by atoms with E-state index in [-0.39, 0.29) is 18.1 Å². The minimum absolute atomic E-state index is 0.0247. The van der Waals surface area contributed by atoms with Gasteiger partial charge in [0.1, 0.15) is 11.7 Å². The highest BCUT2D eigenvalue weighted by atomic mass is 19.1. The molecule has 0 amide bonds. The van der Waals surface area contributed by atoms with Crippen LogP contribution in [0.2, 0.25) is 0 Å². The van der Waals surface area contributed by atoms with E-state index in [4.69, 9.17) is 4.74 Å². The van der Waals surface area contributed by atoms with E-state index in [0.29, 0.717) is 24.9 Å². The largest absolute Gasteiger partial charge is 0.462 e. The molecule has 0 spiro atoms. The van der Waals surface area contributed by atoms with E-state index in [0.717, 1.165) is 6.42 Å². The molecule has 1 fully saturated rings. The molecule has 1 saturated carbocycles. The summed E-state index contributed by atoms with van der Waals surface area (Å²) < 4.78 is 19.3. The summed E-state index contributed by atoms with van der Waals surface area (Å²) in [4.78, 5) is 24.1. The zero-order valence-corrected chi connectivity index (χ0v) is 11.8. The molecular weight excluding hydrogens is 263 g/mol. The molecule has 0 aliphatic heterocycles. The van der Waals surface area contributed by atoms with Gasteiger partial charge in [-0.05, 0) is 44.6 Å². The number of hydrogen-bond acceptors (Lipinski definition) is 4. The number of halogens is 1. The van der Waals surface area contributed by atoms with Crippen LogP contribution < -0.4 is 5.56 Å². The number of hydrogen-bond donors (Lipinski definition) is 0. The Morgan fingerprint density at radius 3 is 2.90 bits per heavy atom. The molecule has 110 valence electrons. The topological polar surface area (TPSA) is 61.2 Å². The van der Waals surface area contributed by atoms with Gasteiger partial charge in [-0.15, -0.1) is 0 Å². The zero-order chi connectivity index (χ0) is 14.7. The fourth-order valence-electron chi connectivity index (χ4n) is 2.58. The average Bonchev–Trinajstić information content (AvgIpc) is 2.79. The molecule has 0 radical (unpaired) electrons. The summed E-state index contributed by atoms with van der Waals surface area (Å²) in [7, 11) is 0. The Bertz CT molecular complexity index is 556. The molecule has 2 rings (SSSR count). The van der Waals surface area contributed by atoms with Gasteiger partial charge in [-0.1, -0.05) is 0 Å². The normalized spacial score (nSPS) is 21.9. The highest BCUT2D eigenvalue weighted by Gasteiger charge is 2.26. The van der Waals surface area contributed by atoms with Crippen LogP contribution in [0.4, 0.5) is 4.39 Å². The smallest absolute Gasteiger partial charge is 0.344 e. The predicted molar refractivity (Wildman–Crippen MR) is 71.4 cm³/mol. The van der Waals surface area contributed by atoms with Crippen molar-refractivity contribution in [1.29, 1.82) is 0 Å². The quantitative estimate of drug-likeness (QED) is 0.791. The van der Waals surface area contributed by atoms with E-state index >= 15 is 0 Å². The Labute approximate surface area is 116 Å². The summed E-state index contributed by atoms with van der Waals surface area (Å²) in [6.07, 6.45) is 2.44. The van der Waals surface area contributed by atoms with Crippen molar-refractivity contribution in [1.82, 2.24) is 9.78 Å². The number of nitrogens with zero attached hydrogens (tertiary/aromatic N) is 2. The maximum absolute atomic E-state index is 13.2. The molecule has 1 aromatic heterocycles. The van der Waals surface area contributed by atoms with Crippen molar-refractivity contribution in [3.05, 3.63) is 27.7 Å². The molecule has 1 aromatic rings. The number of aromatic nitrogens is 2. The molecule has 6 heteroatoms. The summed E-state index contributed by atoms with van der Waals surface area (Å²) in [5.41, 5.74) is 0.0712. The van der Waals surface area contributed by atoms with Gasteiger partial charge in [-0.2, -0.15) is 5.10 Å². The Morgan fingerprint density at radius 2 is 2.30 bits per heavy atom. The Hall–Kier alpha value is -1.72. The van der Waals surface area contributed by atoms with E-state index < -0.39 is 17.7 Å². The second-order valence-electron chi connectivity index (χ2n) is 5.19. The minimum atomic E-state index is -0.786. The van der Waals surface area contributed by atoms with E-state index in [1.165, 1.54) is 10.9 Å². The zero-order valence-electron chi connectivity index (χ0n) is 11.8. The van der Waals surface area contributed by atoms with Crippen molar-refractivity contribution in [3.63, 3.8) is 0 Å². The highest BCUT2D eigenvalue weighted by molar-refractivity contribution is 5.90. The first-order chi connectivity index (χ1) is 9.52. The van der Waals surface area contributed by atoms with Crippen LogP contribution >= 0.6 is 0 Å². The lowest BCUT2D eigenvalue weighted by atomic mass is 10.1. The van der Waals surface area contributed by atoms with Crippen LogP contribution in [-0.2, 0) is 11.3 Å². The summed E-state index contributed by atoms with van der Waals surface area (Å²) in [6.45, 7) is 3.91. The van der Waals surface area contributed by atoms with Crippen LogP contribution in [0.5, 0.6) is 0 Å². The van der Waals surface area contributed by atoms with Crippen LogP contribution in [0.25, 0.3) is 0 Å². The Balaban J connectivity index is 2.24. The number of carbonyl (C=O) groups excluding carboxylic acids is 1. The molecule has 0 N–H and O–H groups in total. The second kappa shape index (κ2) is 6.15. The standard InChI is InChI=1S/C14H19FN2O3/c1-3-20-14(19)12-9(2)7-16-17(13(12)18)8-10-4-5-11(15)6-10/h7,10-11H,3-6,8H2,1-2H3. The lowest BCUT2D eigenvalue weighted by Crippen LogP contribution is -2.32. The van der Waals surface area contributed by atoms with Crippen molar-refractivity contribution < 1.29 is 13.9 Å². The first-order valence-electron chi connectivity index (χ1n) is 6.90. The van der Waals surface area contributed by atoms with E-state index in [1.807, 2.05) is 0 Å². The fraction of sp³-hybridized carbons (Fsp3) is 0.643. The first-order valence-corrected chi connectivity index (χ1v) is 6.90. The highest BCUT2D eigenvalue weighted by Crippen LogP contribution is 2.28. The van der Waals surface area contributed by atoms with Gasteiger partial charge in [0.2, 0.25) is 0 Å². The number of esters is 1. The lowest BCUT2D eigenvalue weighted by Gasteiger charge is -2.12. The number of carbonyl (C=O) groups is 1. The van der Waals surface area contributed by atoms with E-state index in [9.17, 15) is 14.0 Å². The molecule has 1 aliphatic carbocycles. The third kappa shape index (κ3) is 3.05. The second-order valence-corrected chi connectivity index (χ2v) is 5.19. The average molecular weight is 282 g/mol. The maximum atomic E-state index is 13.2. The van der Waals surface area contributed by atoms with Gasteiger partial charge in [0, 0.05) is 6.54 Å². The van der Waals surface area contributed by atoms with Crippen LogP contribution in [0, 0.1) is 12.8 Å². The molecule has 1 heterocycles. The van der Waals surface area contributed by atoms with Crippen molar-refractivity contribution in [3.8, 4) is 0 Å². The number of alkyl halides is 1. The SMILES string of the molecule is CCOC(=O)c1c(C)cnn(CC2CCC(F)C2)c1=O. The molecule has 0 bridgehead atoms. The molecule has 2 unspecified atom stereocenters. The number of aryl methyl sites for hydroxylation is 1. The van der Waals surface area contributed by atoms with Gasteiger partial charge in [-0.3, -0.25) is 4.79 Å². The number of rotatable bonds is 4. The van der Waals surface area contributed by atoms with Crippen molar-refractivity contribution >= 4 is 5.97 Å². The molecule has 20 heavy (non-hydrogen) atoms. The molecule has 2 atom stereocenters. The van der Waals surface area contributed by atoms with Crippen molar-refractivity contribution in [2.24, 2.45) is 5.92 Å². The minimum Gasteiger partial charge on any atom is -0.462 e. The van der Waals surface area contributed by atoms with Gasteiger partial charge in [-0.25, -0.2) is 13.9 Å². The fourth-order valence-corrected chi connectivity index (χ4v) is 2.58. The maximum Gasteiger partial charge on any atom is 0.344 e. The van der Waals surface area contributed by atoms with Crippen molar-refractivity contribution in [2.75, 3.05) is 6.61 Å². The van der Waals surface area contributed by atoms with Crippen LogP contribution in [0.1, 0.15) is 42.1 Å². The van der Waals surface area contributed by atoms with Gasteiger partial charge in [0.15, 0.2) is 0 Å². The molecular formula is C14H19FN2O3. The summed E-state index contributed by atoms with van der Waals surface area (Å²) in [6, 6.07) is 0. The molecule has 0 saturated heterocycles. The Morgan fingerprint density at radius 1 is 1.55 bits per heavy atom. The van der Waals surface area contributed by atoms with Crippen LogP contribution in [-0.4, -0.2) is 28.5 Å². The predicted octanol–water partition coefficient (Wildman–Crippen LogP) is 1.87. The van der Waals surface area contributed by atoms with Gasteiger partial charge >= 0.3 is 5.97 Å². The molecule has 5 nitrogen and oxygen atoms in total. The van der Waals surface area contributed by atoms with Crippen LogP contribution in [0.3, 0.4) is 0 Å². The van der Waals surface area contributed by atoms with Crippen molar-refractivity contribution in [2.45, 2.75) is 45.8 Å². The van der Waals surface area contributed by atoms with Gasteiger partial charge in [0.05, 0.1) is 12.8 Å². The van der Waals surface area contributed by atoms with Gasteiger partial charge in [0.25, 0.3) is 5.56 Å².